The van der Waals surface area contributed by atoms with Crippen molar-refractivity contribution in [1.82, 2.24) is 19.6 Å². The predicted molar refractivity (Wildman–Crippen MR) is 100 cm³/mol. The van der Waals surface area contributed by atoms with Crippen molar-refractivity contribution < 1.29 is 9.64 Å². The number of nitrogens with zero attached hydrogens (tertiary/aromatic N) is 4. The number of quaternary nitrogens is 1. The molecule has 2 aromatic heterocycles. The molecule has 2 fully saturated rings. The van der Waals surface area contributed by atoms with Gasteiger partial charge in [0.1, 0.15) is 24.9 Å². The minimum Gasteiger partial charge on any atom is -0.369 e. The molecule has 6 nitrogen and oxygen atoms in total. The van der Waals surface area contributed by atoms with Gasteiger partial charge in [0.15, 0.2) is 0 Å². The second-order valence-corrected chi connectivity index (χ2v) is 7.94. The number of fused-ring (bicyclic) bond motifs is 1. The lowest BCUT2D eigenvalue weighted by Gasteiger charge is -2.38. The number of nitrogens with one attached hydrogen (secondary N) is 1. The smallest absolute Gasteiger partial charge is 0.135 e. The molecule has 2 aliphatic heterocycles. The van der Waals surface area contributed by atoms with E-state index in [4.69, 9.17) is 16.3 Å². The number of piperidine rings is 1. The van der Waals surface area contributed by atoms with E-state index in [-0.39, 0.29) is 0 Å². The average Bonchev–Trinajstić information content (AvgIpc) is 3.19. The summed E-state index contributed by atoms with van der Waals surface area (Å²) in [6, 6.07) is 5.01. The SMILES string of the molecule is Cn1cc(-n2ncc3cc(Cl)c(C4CC[NH+](C5COC5)CC4)cc32)cn1. The van der Waals surface area contributed by atoms with Crippen LogP contribution in [0.1, 0.15) is 24.3 Å². The molecular formula is C19H23ClN5O+. The Kier molecular flexibility index (Phi) is 3.99. The van der Waals surface area contributed by atoms with Crippen LogP contribution in [-0.2, 0) is 11.8 Å². The van der Waals surface area contributed by atoms with Crippen molar-refractivity contribution in [3.8, 4) is 5.69 Å². The van der Waals surface area contributed by atoms with Crippen molar-refractivity contribution in [3.63, 3.8) is 0 Å². The topological polar surface area (TPSA) is 49.3 Å². The summed E-state index contributed by atoms with van der Waals surface area (Å²) in [5.74, 6) is 0.522. The zero-order valence-corrected chi connectivity index (χ0v) is 15.6. The van der Waals surface area contributed by atoms with Crippen molar-refractivity contribution in [2.24, 2.45) is 7.05 Å². The Balaban J connectivity index is 1.45. The highest BCUT2D eigenvalue weighted by Crippen LogP contribution is 2.34. The molecule has 1 aromatic carbocycles. The van der Waals surface area contributed by atoms with E-state index in [9.17, 15) is 0 Å². The van der Waals surface area contributed by atoms with Gasteiger partial charge in [-0.3, -0.25) is 4.68 Å². The molecule has 0 spiro atoms. The van der Waals surface area contributed by atoms with Crippen LogP contribution in [0.25, 0.3) is 16.6 Å². The largest absolute Gasteiger partial charge is 0.369 e. The molecule has 0 amide bonds. The minimum atomic E-state index is 0.522. The maximum Gasteiger partial charge on any atom is 0.135 e. The molecule has 26 heavy (non-hydrogen) atoms. The summed E-state index contributed by atoms with van der Waals surface area (Å²) in [5, 5.41) is 10.7. The second kappa shape index (κ2) is 6.37. The first-order chi connectivity index (χ1) is 12.7. The molecular weight excluding hydrogens is 350 g/mol. The highest BCUT2D eigenvalue weighted by atomic mass is 35.5. The second-order valence-electron chi connectivity index (χ2n) is 7.53. The van der Waals surface area contributed by atoms with E-state index in [1.165, 1.54) is 31.5 Å². The Bertz CT molecular complexity index is 937. The third-order valence-corrected chi connectivity index (χ3v) is 6.23. The van der Waals surface area contributed by atoms with E-state index in [1.807, 2.05) is 30.3 Å². The van der Waals surface area contributed by atoms with Crippen molar-refractivity contribution in [2.45, 2.75) is 24.8 Å². The summed E-state index contributed by atoms with van der Waals surface area (Å²) < 4.78 is 9.10. The van der Waals surface area contributed by atoms with Crippen LogP contribution in [0, 0.1) is 0 Å². The highest BCUT2D eigenvalue weighted by molar-refractivity contribution is 6.32. The summed E-state index contributed by atoms with van der Waals surface area (Å²) in [6.07, 6.45) is 8.05. The van der Waals surface area contributed by atoms with E-state index in [1.54, 1.807) is 9.58 Å². The maximum atomic E-state index is 6.65. The lowest BCUT2D eigenvalue weighted by Crippen LogP contribution is -3.19. The molecule has 136 valence electrons. The van der Waals surface area contributed by atoms with Gasteiger partial charge in [0, 0.05) is 30.3 Å². The van der Waals surface area contributed by atoms with Gasteiger partial charge >= 0.3 is 0 Å². The van der Waals surface area contributed by atoms with Crippen molar-refractivity contribution in [2.75, 3.05) is 26.3 Å². The zero-order valence-electron chi connectivity index (χ0n) is 14.9. The zero-order chi connectivity index (χ0) is 17.7. The van der Waals surface area contributed by atoms with Gasteiger partial charge in [-0.15, -0.1) is 0 Å². The molecule has 0 unspecified atom stereocenters. The van der Waals surface area contributed by atoms with Gasteiger partial charge in [-0.05, 0) is 23.6 Å². The Morgan fingerprint density at radius 3 is 2.62 bits per heavy atom. The first kappa shape index (κ1) is 16.3. The fourth-order valence-electron chi connectivity index (χ4n) is 4.28. The van der Waals surface area contributed by atoms with Crippen LogP contribution >= 0.6 is 11.6 Å². The highest BCUT2D eigenvalue weighted by Gasteiger charge is 2.34. The molecule has 2 saturated heterocycles. The van der Waals surface area contributed by atoms with Crippen molar-refractivity contribution in [1.29, 1.82) is 0 Å². The van der Waals surface area contributed by atoms with E-state index >= 15 is 0 Å². The van der Waals surface area contributed by atoms with Crippen LogP contribution in [0.3, 0.4) is 0 Å². The van der Waals surface area contributed by atoms with Gasteiger partial charge < -0.3 is 9.64 Å². The monoisotopic (exact) mass is 372 g/mol. The number of likely N-dealkylation sites (tertiary alicyclic amines) is 1. The van der Waals surface area contributed by atoms with E-state index in [0.717, 1.165) is 34.8 Å². The molecule has 0 bridgehead atoms. The summed E-state index contributed by atoms with van der Waals surface area (Å²) in [5.41, 5.74) is 3.33. The molecule has 0 saturated carbocycles. The summed E-state index contributed by atoms with van der Waals surface area (Å²) in [6.45, 7) is 4.26. The van der Waals surface area contributed by atoms with Gasteiger partial charge in [0.2, 0.25) is 0 Å². The number of halogens is 1. The Morgan fingerprint density at radius 1 is 1.15 bits per heavy atom. The van der Waals surface area contributed by atoms with Gasteiger partial charge in [0.05, 0.1) is 37.2 Å². The number of hydrogen-bond donors (Lipinski definition) is 1. The lowest BCUT2D eigenvalue weighted by molar-refractivity contribution is -0.939. The first-order valence-corrected chi connectivity index (χ1v) is 9.65. The molecule has 0 atom stereocenters. The molecule has 2 aliphatic rings. The predicted octanol–water partition coefficient (Wildman–Crippen LogP) is 1.57. The van der Waals surface area contributed by atoms with Crippen molar-refractivity contribution in [3.05, 3.63) is 41.3 Å². The fourth-order valence-corrected chi connectivity index (χ4v) is 4.60. The van der Waals surface area contributed by atoms with E-state index in [0.29, 0.717) is 12.0 Å². The molecule has 4 heterocycles. The number of aryl methyl sites for hydroxylation is 1. The quantitative estimate of drug-likeness (QED) is 0.759. The van der Waals surface area contributed by atoms with Gasteiger partial charge in [-0.2, -0.15) is 10.2 Å². The maximum absolute atomic E-state index is 6.65. The van der Waals surface area contributed by atoms with Crippen LogP contribution < -0.4 is 4.90 Å². The molecule has 0 aliphatic carbocycles. The Labute approximate surface area is 157 Å². The number of benzene rings is 1. The third kappa shape index (κ3) is 2.73. The minimum absolute atomic E-state index is 0.522. The number of aromatic nitrogens is 4. The summed E-state index contributed by atoms with van der Waals surface area (Å²) >= 11 is 6.65. The normalized spacial score (nSPS) is 24.1. The van der Waals surface area contributed by atoms with Crippen LogP contribution in [0.5, 0.6) is 0 Å². The van der Waals surface area contributed by atoms with Crippen LogP contribution in [0.15, 0.2) is 30.7 Å². The standard InChI is InChI=1S/C19H22ClN5O/c1-23-10-15(9-21-23)25-19-7-17(18(20)6-14(19)8-22-25)13-2-4-24(5-3-13)16-11-26-12-16/h6-10,13,16H,2-5,11-12H2,1H3/p+1. The molecule has 7 heteroatoms. The van der Waals surface area contributed by atoms with Crippen LogP contribution in [0.4, 0.5) is 0 Å². The van der Waals surface area contributed by atoms with Gasteiger partial charge in [-0.1, -0.05) is 11.6 Å². The first-order valence-electron chi connectivity index (χ1n) is 9.27. The molecule has 3 aromatic rings. The molecule has 5 rings (SSSR count). The number of hydrogen-bond acceptors (Lipinski definition) is 3. The number of ether oxygens (including phenoxy) is 1. The van der Waals surface area contributed by atoms with E-state index < -0.39 is 0 Å². The van der Waals surface area contributed by atoms with Crippen LogP contribution in [-0.4, -0.2) is 51.9 Å². The van der Waals surface area contributed by atoms with Crippen LogP contribution in [0.2, 0.25) is 5.02 Å². The molecule has 1 N–H and O–H groups in total. The summed E-state index contributed by atoms with van der Waals surface area (Å²) in [7, 11) is 1.92. The van der Waals surface area contributed by atoms with Crippen molar-refractivity contribution >= 4 is 22.5 Å². The van der Waals surface area contributed by atoms with E-state index in [2.05, 4.69) is 22.3 Å². The third-order valence-electron chi connectivity index (χ3n) is 5.91. The fraction of sp³-hybridized carbons (Fsp3) is 0.474. The van der Waals surface area contributed by atoms with Gasteiger partial charge in [0.25, 0.3) is 0 Å². The Morgan fingerprint density at radius 2 is 1.96 bits per heavy atom. The Hall–Kier alpha value is -1.89. The summed E-state index contributed by atoms with van der Waals surface area (Å²) in [4.78, 5) is 1.70. The van der Waals surface area contributed by atoms with Gasteiger partial charge in [-0.25, -0.2) is 4.68 Å². The lowest BCUT2D eigenvalue weighted by atomic mass is 9.88. The molecule has 0 radical (unpaired) electrons. The number of rotatable bonds is 3. The average molecular weight is 373 g/mol.